The number of nitrogens with two attached hydrogens (primary N) is 1. The Balaban J connectivity index is 2.56. The monoisotopic (exact) mass is 232 g/mol. The fraction of sp³-hybridized carbons (Fsp3) is 0.538. The average molecular weight is 232 g/mol. The van der Waals surface area contributed by atoms with Crippen LogP contribution in [0.15, 0.2) is 18.5 Å². The third kappa shape index (κ3) is 2.17. The minimum Gasteiger partial charge on any atom is -0.330 e. The van der Waals surface area contributed by atoms with E-state index in [2.05, 4.69) is 23.9 Å². The molecule has 2 rings (SSSR count). The van der Waals surface area contributed by atoms with E-state index in [9.17, 15) is 0 Å². The lowest BCUT2D eigenvalue weighted by Gasteiger charge is -2.10. The van der Waals surface area contributed by atoms with E-state index >= 15 is 0 Å². The van der Waals surface area contributed by atoms with Crippen LogP contribution in [0.25, 0.3) is 5.65 Å². The summed E-state index contributed by atoms with van der Waals surface area (Å²) in [6.45, 7) is 5.06. The maximum Gasteiger partial charge on any atom is 0.158 e. The van der Waals surface area contributed by atoms with Gasteiger partial charge in [0.2, 0.25) is 0 Å². The van der Waals surface area contributed by atoms with Crippen molar-refractivity contribution in [3.63, 3.8) is 0 Å². The lowest BCUT2D eigenvalue weighted by atomic mass is 9.95. The third-order valence-corrected chi connectivity index (χ3v) is 3.29. The highest BCUT2D eigenvalue weighted by atomic mass is 15.2. The quantitative estimate of drug-likeness (QED) is 0.859. The molecule has 0 aliphatic carbocycles. The smallest absolute Gasteiger partial charge is 0.158 e. The van der Waals surface area contributed by atoms with Crippen LogP contribution in [-0.4, -0.2) is 21.1 Å². The fourth-order valence-electron chi connectivity index (χ4n) is 2.34. The molecule has 0 saturated carbocycles. The standard InChI is InChI=1S/C13H20N4/c1-3-10(4-2)12-11(6-7-14)13-15-8-5-9-17(13)16-12/h5,8-10H,3-4,6-7,14H2,1-2H3. The zero-order valence-electron chi connectivity index (χ0n) is 10.6. The molecule has 0 aliphatic heterocycles. The first kappa shape index (κ1) is 12.0. The highest BCUT2D eigenvalue weighted by Crippen LogP contribution is 2.27. The van der Waals surface area contributed by atoms with Gasteiger partial charge < -0.3 is 5.73 Å². The van der Waals surface area contributed by atoms with Crippen LogP contribution in [0.1, 0.15) is 43.9 Å². The normalized spacial score (nSPS) is 11.5. The molecule has 0 radical (unpaired) electrons. The summed E-state index contributed by atoms with van der Waals surface area (Å²) in [5.41, 5.74) is 9.06. The van der Waals surface area contributed by atoms with Gasteiger partial charge in [-0.2, -0.15) is 5.10 Å². The molecule has 0 bridgehead atoms. The zero-order valence-corrected chi connectivity index (χ0v) is 10.6. The van der Waals surface area contributed by atoms with Crippen molar-refractivity contribution in [1.29, 1.82) is 0 Å². The predicted octanol–water partition coefficient (Wildman–Crippen LogP) is 2.13. The maximum atomic E-state index is 5.70. The molecule has 0 spiro atoms. The lowest BCUT2D eigenvalue weighted by molar-refractivity contribution is 0.610. The summed E-state index contributed by atoms with van der Waals surface area (Å²) in [7, 11) is 0. The van der Waals surface area contributed by atoms with E-state index in [0.717, 1.165) is 24.9 Å². The molecular formula is C13H20N4. The van der Waals surface area contributed by atoms with Crippen molar-refractivity contribution in [3.8, 4) is 0 Å². The molecule has 4 heteroatoms. The van der Waals surface area contributed by atoms with Gasteiger partial charge in [0, 0.05) is 23.9 Å². The summed E-state index contributed by atoms with van der Waals surface area (Å²) in [4.78, 5) is 4.42. The van der Waals surface area contributed by atoms with Gasteiger partial charge in [-0.25, -0.2) is 9.50 Å². The topological polar surface area (TPSA) is 56.2 Å². The number of hydrogen-bond acceptors (Lipinski definition) is 3. The van der Waals surface area contributed by atoms with E-state index in [0.29, 0.717) is 12.5 Å². The van der Waals surface area contributed by atoms with Gasteiger partial charge in [0.1, 0.15) is 0 Å². The highest BCUT2D eigenvalue weighted by molar-refractivity contribution is 5.50. The van der Waals surface area contributed by atoms with Crippen LogP contribution in [0.2, 0.25) is 0 Å². The molecule has 2 aromatic rings. The molecule has 0 saturated heterocycles. The molecule has 0 fully saturated rings. The fourth-order valence-corrected chi connectivity index (χ4v) is 2.34. The molecule has 4 nitrogen and oxygen atoms in total. The summed E-state index contributed by atoms with van der Waals surface area (Å²) >= 11 is 0. The number of aromatic nitrogens is 3. The van der Waals surface area contributed by atoms with Crippen molar-refractivity contribution in [2.24, 2.45) is 5.73 Å². The molecule has 0 unspecified atom stereocenters. The van der Waals surface area contributed by atoms with Gasteiger partial charge in [0.05, 0.1) is 5.69 Å². The molecule has 2 aromatic heterocycles. The van der Waals surface area contributed by atoms with Crippen molar-refractivity contribution in [2.75, 3.05) is 6.54 Å². The second-order valence-corrected chi connectivity index (χ2v) is 4.30. The Bertz CT molecular complexity index is 485. The summed E-state index contributed by atoms with van der Waals surface area (Å²) in [6.07, 6.45) is 6.84. The van der Waals surface area contributed by atoms with Crippen LogP contribution in [0.5, 0.6) is 0 Å². The summed E-state index contributed by atoms with van der Waals surface area (Å²) in [6, 6.07) is 1.91. The third-order valence-electron chi connectivity index (χ3n) is 3.29. The van der Waals surface area contributed by atoms with Crippen molar-refractivity contribution < 1.29 is 0 Å². The maximum absolute atomic E-state index is 5.70. The second-order valence-electron chi connectivity index (χ2n) is 4.30. The Labute approximate surface area is 102 Å². The number of fused-ring (bicyclic) bond motifs is 1. The summed E-state index contributed by atoms with van der Waals surface area (Å²) in [5, 5.41) is 4.67. The second kappa shape index (κ2) is 5.27. The molecular weight excluding hydrogens is 212 g/mol. The van der Waals surface area contributed by atoms with Crippen molar-refractivity contribution in [1.82, 2.24) is 14.6 Å². The van der Waals surface area contributed by atoms with E-state index in [-0.39, 0.29) is 0 Å². The number of nitrogens with zero attached hydrogens (tertiary/aromatic N) is 3. The molecule has 0 aliphatic rings. The molecule has 0 atom stereocenters. The van der Waals surface area contributed by atoms with Crippen LogP contribution in [-0.2, 0) is 6.42 Å². The molecule has 0 aromatic carbocycles. The van der Waals surface area contributed by atoms with Crippen LogP contribution in [0, 0.1) is 0 Å². The van der Waals surface area contributed by atoms with Crippen molar-refractivity contribution >= 4 is 5.65 Å². The lowest BCUT2D eigenvalue weighted by Crippen LogP contribution is -2.07. The molecule has 2 N–H and O–H groups in total. The SMILES string of the molecule is CCC(CC)c1nn2cccnc2c1CCN. The van der Waals surface area contributed by atoms with E-state index < -0.39 is 0 Å². The Hall–Kier alpha value is -1.42. The molecule has 0 amide bonds. The van der Waals surface area contributed by atoms with E-state index in [4.69, 9.17) is 5.73 Å². The zero-order chi connectivity index (χ0) is 12.3. The highest BCUT2D eigenvalue weighted by Gasteiger charge is 2.18. The average Bonchev–Trinajstić information content (AvgIpc) is 2.71. The van der Waals surface area contributed by atoms with E-state index in [1.807, 2.05) is 23.0 Å². The Morgan fingerprint density at radius 2 is 2.12 bits per heavy atom. The van der Waals surface area contributed by atoms with Crippen molar-refractivity contribution in [3.05, 3.63) is 29.7 Å². The number of hydrogen-bond donors (Lipinski definition) is 1. The van der Waals surface area contributed by atoms with Gasteiger partial charge in [-0.05, 0) is 31.9 Å². The van der Waals surface area contributed by atoms with Crippen LogP contribution in [0.4, 0.5) is 0 Å². The van der Waals surface area contributed by atoms with Gasteiger partial charge in [-0.15, -0.1) is 0 Å². The Morgan fingerprint density at radius 1 is 1.35 bits per heavy atom. The Kier molecular flexibility index (Phi) is 3.74. The Morgan fingerprint density at radius 3 is 2.76 bits per heavy atom. The van der Waals surface area contributed by atoms with E-state index in [1.165, 1.54) is 11.3 Å². The van der Waals surface area contributed by atoms with Crippen LogP contribution < -0.4 is 5.73 Å². The van der Waals surface area contributed by atoms with Gasteiger partial charge in [0.25, 0.3) is 0 Å². The van der Waals surface area contributed by atoms with Gasteiger partial charge in [-0.3, -0.25) is 0 Å². The van der Waals surface area contributed by atoms with Gasteiger partial charge in [-0.1, -0.05) is 13.8 Å². The molecule has 17 heavy (non-hydrogen) atoms. The minimum absolute atomic E-state index is 0.512. The largest absolute Gasteiger partial charge is 0.330 e. The van der Waals surface area contributed by atoms with Crippen LogP contribution >= 0.6 is 0 Å². The van der Waals surface area contributed by atoms with Crippen molar-refractivity contribution in [2.45, 2.75) is 39.0 Å². The predicted molar refractivity (Wildman–Crippen MR) is 69.1 cm³/mol. The van der Waals surface area contributed by atoms with E-state index in [1.54, 1.807) is 0 Å². The van der Waals surface area contributed by atoms with Gasteiger partial charge >= 0.3 is 0 Å². The van der Waals surface area contributed by atoms with Crippen LogP contribution in [0.3, 0.4) is 0 Å². The first-order chi connectivity index (χ1) is 8.31. The number of rotatable bonds is 5. The van der Waals surface area contributed by atoms with Gasteiger partial charge in [0.15, 0.2) is 5.65 Å². The summed E-state index contributed by atoms with van der Waals surface area (Å²) < 4.78 is 1.87. The molecule has 2 heterocycles. The first-order valence-corrected chi connectivity index (χ1v) is 6.34. The minimum atomic E-state index is 0.512. The first-order valence-electron chi connectivity index (χ1n) is 6.34. The summed E-state index contributed by atoms with van der Waals surface area (Å²) in [5.74, 6) is 0.512. The molecule has 92 valence electrons.